The van der Waals surface area contributed by atoms with Crippen molar-refractivity contribution in [1.29, 1.82) is 0 Å². The highest BCUT2D eigenvalue weighted by Gasteiger charge is 2.13. The molecule has 2 rings (SSSR count). The molecule has 17 heavy (non-hydrogen) atoms. The molecule has 0 fully saturated rings. The lowest BCUT2D eigenvalue weighted by molar-refractivity contribution is 0.554. The van der Waals surface area contributed by atoms with Crippen molar-refractivity contribution < 1.29 is 8.78 Å². The van der Waals surface area contributed by atoms with Crippen molar-refractivity contribution in [1.82, 2.24) is 15.1 Å². The molecule has 0 radical (unpaired) electrons. The monoisotopic (exact) mass is 237 g/mol. The quantitative estimate of drug-likeness (QED) is 0.884. The summed E-state index contributed by atoms with van der Waals surface area (Å²) in [6, 6.07) is 4.26. The van der Waals surface area contributed by atoms with Gasteiger partial charge < -0.3 is 5.32 Å². The minimum atomic E-state index is -0.610. The summed E-state index contributed by atoms with van der Waals surface area (Å²) in [4.78, 5) is 0. The highest BCUT2D eigenvalue weighted by Crippen LogP contribution is 2.19. The van der Waals surface area contributed by atoms with E-state index in [0.29, 0.717) is 12.1 Å². The van der Waals surface area contributed by atoms with E-state index in [0.717, 1.165) is 6.54 Å². The van der Waals surface area contributed by atoms with E-state index < -0.39 is 11.6 Å². The van der Waals surface area contributed by atoms with Crippen molar-refractivity contribution in [2.45, 2.75) is 13.5 Å². The van der Waals surface area contributed by atoms with Gasteiger partial charge in [0.15, 0.2) is 11.6 Å². The zero-order chi connectivity index (χ0) is 12.3. The van der Waals surface area contributed by atoms with E-state index in [4.69, 9.17) is 0 Å². The van der Waals surface area contributed by atoms with Crippen molar-refractivity contribution in [3.8, 4) is 5.69 Å². The molecule has 1 aromatic carbocycles. The van der Waals surface area contributed by atoms with Gasteiger partial charge in [0.1, 0.15) is 5.69 Å². The normalized spacial score (nSPS) is 10.8. The summed E-state index contributed by atoms with van der Waals surface area (Å²) in [5, 5.41) is 6.84. The van der Waals surface area contributed by atoms with E-state index in [1.807, 2.05) is 6.92 Å². The number of nitrogens with zero attached hydrogens (tertiary/aromatic N) is 2. The maximum absolute atomic E-state index is 13.8. The predicted octanol–water partition coefficient (Wildman–Crippen LogP) is 2.26. The van der Waals surface area contributed by atoms with Gasteiger partial charge in [-0.1, -0.05) is 6.92 Å². The van der Waals surface area contributed by atoms with Crippen LogP contribution < -0.4 is 5.32 Å². The first-order chi connectivity index (χ1) is 8.22. The molecule has 1 N–H and O–H groups in total. The van der Waals surface area contributed by atoms with Gasteiger partial charge in [0.25, 0.3) is 0 Å². The van der Waals surface area contributed by atoms with Gasteiger partial charge in [0, 0.05) is 18.9 Å². The Morgan fingerprint density at radius 1 is 1.29 bits per heavy atom. The average Bonchev–Trinajstić information content (AvgIpc) is 2.79. The van der Waals surface area contributed by atoms with Gasteiger partial charge in [-0.15, -0.1) is 0 Å². The van der Waals surface area contributed by atoms with Gasteiger partial charge in [-0.3, -0.25) is 0 Å². The molecule has 0 atom stereocenters. The maximum atomic E-state index is 13.8. The van der Waals surface area contributed by atoms with Crippen LogP contribution in [-0.2, 0) is 6.54 Å². The van der Waals surface area contributed by atoms with E-state index in [1.165, 1.54) is 29.2 Å². The van der Waals surface area contributed by atoms with Crippen LogP contribution in [0.5, 0.6) is 0 Å². The lowest BCUT2D eigenvalue weighted by Crippen LogP contribution is -2.13. The van der Waals surface area contributed by atoms with Gasteiger partial charge in [0.05, 0.1) is 0 Å². The summed E-state index contributed by atoms with van der Waals surface area (Å²) in [6.07, 6.45) is 2.98. The van der Waals surface area contributed by atoms with Crippen molar-refractivity contribution >= 4 is 0 Å². The molecule has 0 bridgehead atoms. The Kier molecular flexibility index (Phi) is 3.49. The summed E-state index contributed by atoms with van der Waals surface area (Å²) in [7, 11) is 0. The molecule has 0 saturated carbocycles. The third kappa shape index (κ3) is 2.50. The summed E-state index contributed by atoms with van der Waals surface area (Å²) in [5.41, 5.74) is 0.438. The molecule has 0 amide bonds. The van der Waals surface area contributed by atoms with Crippen LogP contribution in [0.2, 0.25) is 0 Å². The van der Waals surface area contributed by atoms with Gasteiger partial charge in [-0.25, -0.2) is 13.5 Å². The Labute approximate surface area is 98.1 Å². The van der Waals surface area contributed by atoms with Crippen molar-refractivity contribution in [3.63, 3.8) is 0 Å². The minimum absolute atomic E-state index is 0.143. The van der Waals surface area contributed by atoms with Gasteiger partial charge in [-0.05, 0) is 30.3 Å². The number of halogens is 2. The number of hydrogen-bond acceptors (Lipinski definition) is 2. The molecule has 0 aliphatic rings. The number of aromatic nitrogens is 2. The highest BCUT2D eigenvalue weighted by atomic mass is 19.1. The second kappa shape index (κ2) is 5.05. The number of hydrogen-bond donors (Lipinski definition) is 1. The van der Waals surface area contributed by atoms with E-state index in [2.05, 4.69) is 10.4 Å². The molecule has 2 aromatic rings. The van der Waals surface area contributed by atoms with Crippen LogP contribution in [0.4, 0.5) is 8.78 Å². The Bertz CT molecular complexity index is 471. The number of nitrogens with one attached hydrogen (secondary N) is 1. The van der Waals surface area contributed by atoms with Crippen LogP contribution in [-0.4, -0.2) is 16.3 Å². The largest absolute Gasteiger partial charge is 0.313 e. The molecular formula is C12H13F2N3. The highest BCUT2D eigenvalue weighted by molar-refractivity contribution is 5.37. The molecule has 1 aromatic heterocycles. The van der Waals surface area contributed by atoms with E-state index >= 15 is 0 Å². The van der Waals surface area contributed by atoms with E-state index in [9.17, 15) is 8.78 Å². The fourth-order valence-corrected chi connectivity index (χ4v) is 1.61. The van der Waals surface area contributed by atoms with Crippen LogP contribution >= 0.6 is 0 Å². The Morgan fingerprint density at radius 2 is 2.00 bits per heavy atom. The minimum Gasteiger partial charge on any atom is -0.313 e. The van der Waals surface area contributed by atoms with Crippen LogP contribution in [0.25, 0.3) is 5.69 Å². The van der Waals surface area contributed by atoms with Crippen LogP contribution in [0.15, 0.2) is 30.6 Å². The van der Waals surface area contributed by atoms with E-state index in [-0.39, 0.29) is 5.69 Å². The average molecular weight is 237 g/mol. The molecule has 5 heteroatoms. The first-order valence-corrected chi connectivity index (χ1v) is 5.41. The zero-order valence-electron chi connectivity index (χ0n) is 9.45. The first-order valence-electron chi connectivity index (χ1n) is 5.41. The zero-order valence-corrected chi connectivity index (χ0v) is 9.45. The molecule has 90 valence electrons. The summed E-state index contributed by atoms with van der Waals surface area (Å²) < 4.78 is 28.7. The molecular weight excluding hydrogens is 224 g/mol. The lowest BCUT2D eigenvalue weighted by Gasteiger charge is -2.08. The molecule has 1 heterocycles. The van der Waals surface area contributed by atoms with Crippen molar-refractivity contribution in [2.24, 2.45) is 0 Å². The van der Waals surface area contributed by atoms with Crippen molar-refractivity contribution in [2.75, 3.05) is 6.54 Å². The third-order valence-electron chi connectivity index (χ3n) is 2.39. The smallest absolute Gasteiger partial charge is 0.152 e. The summed E-state index contributed by atoms with van der Waals surface area (Å²) >= 11 is 0. The van der Waals surface area contributed by atoms with Gasteiger partial charge in [0.2, 0.25) is 0 Å². The van der Waals surface area contributed by atoms with Crippen LogP contribution in [0.3, 0.4) is 0 Å². The first kappa shape index (κ1) is 11.7. The van der Waals surface area contributed by atoms with E-state index in [1.54, 1.807) is 6.07 Å². The third-order valence-corrected chi connectivity index (χ3v) is 2.39. The standard InChI is InChI=1S/C12H13F2N3/c1-2-15-8-9-6-10(13)12(11(14)7-9)17-5-3-4-16-17/h3-7,15H,2,8H2,1H3. The second-order valence-corrected chi connectivity index (χ2v) is 3.64. The summed E-state index contributed by atoms with van der Waals surface area (Å²) in [5.74, 6) is -1.22. The van der Waals surface area contributed by atoms with Crippen LogP contribution in [0, 0.1) is 11.6 Å². The fourth-order valence-electron chi connectivity index (χ4n) is 1.61. The number of benzene rings is 1. The maximum Gasteiger partial charge on any atom is 0.152 e. The number of rotatable bonds is 4. The second-order valence-electron chi connectivity index (χ2n) is 3.64. The SMILES string of the molecule is CCNCc1cc(F)c(-n2cccn2)c(F)c1. The van der Waals surface area contributed by atoms with Crippen molar-refractivity contribution in [3.05, 3.63) is 47.8 Å². The Hall–Kier alpha value is -1.75. The lowest BCUT2D eigenvalue weighted by atomic mass is 10.2. The Morgan fingerprint density at radius 3 is 2.53 bits per heavy atom. The molecule has 0 saturated heterocycles. The summed E-state index contributed by atoms with van der Waals surface area (Å²) in [6.45, 7) is 3.14. The molecule has 0 aliphatic carbocycles. The molecule has 3 nitrogen and oxygen atoms in total. The van der Waals surface area contributed by atoms with Gasteiger partial charge in [-0.2, -0.15) is 5.10 Å². The fraction of sp³-hybridized carbons (Fsp3) is 0.250. The molecule has 0 aliphatic heterocycles. The van der Waals surface area contributed by atoms with Crippen LogP contribution in [0.1, 0.15) is 12.5 Å². The Balaban J connectivity index is 2.36. The predicted molar refractivity (Wildman–Crippen MR) is 60.9 cm³/mol. The molecule has 0 spiro atoms. The molecule has 0 unspecified atom stereocenters. The topological polar surface area (TPSA) is 29.9 Å². The van der Waals surface area contributed by atoms with Gasteiger partial charge >= 0.3 is 0 Å².